The molecule has 4 rings (SSSR count). The highest BCUT2D eigenvalue weighted by Crippen LogP contribution is 2.34. The molecule has 3 aromatic rings. The first-order chi connectivity index (χ1) is 14.4. The van der Waals surface area contributed by atoms with E-state index in [0.29, 0.717) is 10.6 Å². The number of aromatic nitrogens is 1. The Morgan fingerprint density at radius 1 is 1.03 bits per heavy atom. The third-order valence-electron chi connectivity index (χ3n) is 4.86. The first-order valence-corrected chi connectivity index (χ1v) is 9.98. The van der Waals surface area contributed by atoms with E-state index >= 15 is 0 Å². The molecule has 0 aliphatic carbocycles. The molecule has 2 heterocycles. The Morgan fingerprint density at radius 3 is 2.47 bits per heavy atom. The molecule has 0 atom stereocenters. The smallest absolute Gasteiger partial charge is 0.293 e. The molecular weight excluding hydrogens is 402 g/mol. The molecule has 1 saturated heterocycles. The van der Waals surface area contributed by atoms with Crippen LogP contribution in [0.15, 0.2) is 71.8 Å². The van der Waals surface area contributed by atoms with Crippen LogP contribution in [-0.2, 0) is 11.3 Å². The van der Waals surface area contributed by atoms with Crippen LogP contribution in [0.1, 0.15) is 16.8 Å². The van der Waals surface area contributed by atoms with Crippen LogP contribution in [0.5, 0.6) is 0 Å². The van der Waals surface area contributed by atoms with Crippen molar-refractivity contribution in [2.45, 2.75) is 13.5 Å². The van der Waals surface area contributed by atoms with Crippen molar-refractivity contribution in [2.24, 2.45) is 0 Å². The van der Waals surface area contributed by atoms with Crippen LogP contribution in [0.4, 0.5) is 10.5 Å². The van der Waals surface area contributed by atoms with Crippen molar-refractivity contribution in [2.75, 3.05) is 0 Å². The summed E-state index contributed by atoms with van der Waals surface area (Å²) < 4.78 is 1.80. The predicted molar refractivity (Wildman–Crippen MR) is 115 cm³/mol. The number of nitro benzene ring substituents is 1. The van der Waals surface area contributed by atoms with Gasteiger partial charge in [0.05, 0.1) is 16.4 Å². The second-order valence-electron chi connectivity index (χ2n) is 6.77. The predicted octanol–water partition coefficient (Wildman–Crippen LogP) is 4.93. The lowest BCUT2D eigenvalue weighted by molar-refractivity contribution is -0.384. The van der Waals surface area contributed by atoms with Crippen LogP contribution in [0, 0.1) is 17.0 Å². The number of imide groups is 1. The number of thioether (sulfide) groups is 1. The summed E-state index contributed by atoms with van der Waals surface area (Å²) in [4.78, 5) is 37.3. The zero-order chi connectivity index (χ0) is 21.3. The van der Waals surface area contributed by atoms with Crippen molar-refractivity contribution in [3.63, 3.8) is 0 Å². The van der Waals surface area contributed by atoms with Crippen molar-refractivity contribution >= 4 is 34.7 Å². The second-order valence-corrected chi connectivity index (χ2v) is 7.76. The highest BCUT2D eigenvalue weighted by molar-refractivity contribution is 8.18. The summed E-state index contributed by atoms with van der Waals surface area (Å²) in [6, 6.07) is 17.4. The minimum Gasteiger partial charge on any atom is -0.317 e. The van der Waals surface area contributed by atoms with Gasteiger partial charge in [-0.3, -0.25) is 24.6 Å². The Morgan fingerprint density at radius 2 is 1.77 bits per heavy atom. The molecule has 1 aromatic heterocycles. The molecule has 0 bridgehead atoms. The number of aryl methyl sites for hydroxylation is 1. The molecule has 30 heavy (non-hydrogen) atoms. The Hall–Kier alpha value is -3.65. The minimum atomic E-state index is -0.454. The molecule has 0 N–H and O–H groups in total. The van der Waals surface area contributed by atoms with Gasteiger partial charge in [0.2, 0.25) is 0 Å². The van der Waals surface area contributed by atoms with E-state index in [1.54, 1.807) is 29.0 Å². The topological polar surface area (TPSA) is 85.4 Å². The number of hydrogen-bond acceptors (Lipinski definition) is 5. The molecule has 1 aliphatic rings. The first kappa shape index (κ1) is 19.7. The quantitative estimate of drug-likeness (QED) is 0.332. The fourth-order valence-corrected chi connectivity index (χ4v) is 4.03. The maximum Gasteiger partial charge on any atom is 0.293 e. The Balaban J connectivity index is 1.60. The molecule has 0 saturated carbocycles. The monoisotopic (exact) mass is 419 g/mol. The average molecular weight is 419 g/mol. The SMILES string of the molecule is Cc1ccccc1CN1C(=O)S/C(=C\c2cccn2-c2ccc([N+](=O)[O-])cc2)C1=O. The second kappa shape index (κ2) is 8.00. The highest BCUT2D eigenvalue weighted by atomic mass is 32.2. The zero-order valence-electron chi connectivity index (χ0n) is 16.0. The van der Waals surface area contributed by atoms with Gasteiger partial charge in [0.25, 0.3) is 16.8 Å². The number of carbonyl (C=O) groups is 2. The summed E-state index contributed by atoms with van der Waals surface area (Å²) in [5.41, 5.74) is 3.37. The first-order valence-electron chi connectivity index (χ1n) is 9.16. The van der Waals surface area contributed by atoms with Gasteiger partial charge in [-0.2, -0.15) is 0 Å². The fourth-order valence-electron chi connectivity index (χ4n) is 3.21. The molecule has 1 fully saturated rings. The van der Waals surface area contributed by atoms with E-state index < -0.39 is 4.92 Å². The van der Waals surface area contributed by atoms with Crippen LogP contribution < -0.4 is 0 Å². The molecule has 8 heteroatoms. The Labute approximate surface area is 176 Å². The number of carbonyl (C=O) groups excluding carboxylic acids is 2. The van der Waals surface area contributed by atoms with E-state index in [2.05, 4.69) is 0 Å². The van der Waals surface area contributed by atoms with Crippen molar-refractivity contribution in [1.82, 2.24) is 9.47 Å². The summed E-state index contributed by atoms with van der Waals surface area (Å²) >= 11 is 0.911. The molecule has 1 aliphatic heterocycles. The molecule has 0 spiro atoms. The standard InChI is InChI=1S/C22H17N3O4S/c1-15-5-2-3-6-16(15)14-24-21(26)20(30-22(24)27)13-19-7-4-12-23(19)17-8-10-18(11-9-17)25(28)29/h2-13H,14H2,1H3/b20-13-. The van der Waals surface area contributed by atoms with Crippen molar-refractivity contribution in [1.29, 1.82) is 0 Å². The number of nitrogens with zero attached hydrogens (tertiary/aromatic N) is 3. The van der Waals surface area contributed by atoms with Crippen LogP contribution in [-0.4, -0.2) is 25.5 Å². The van der Waals surface area contributed by atoms with Gasteiger partial charge >= 0.3 is 0 Å². The van der Waals surface area contributed by atoms with Gasteiger partial charge in [0.1, 0.15) is 0 Å². The van der Waals surface area contributed by atoms with Gasteiger partial charge < -0.3 is 4.57 Å². The van der Waals surface area contributed by atoms with E-state index in [1.165, 1.54) is 17.0 Å². The molecule has 2 aromatic carbocycles. The highest BCUT2D eigenvalue weighted by Gasteiger charge is 2.35. The van der Waals surface area contributed by atoms with Gasteiger partial charge in [-0.25, -0.2) is 0 Å². The van der Waals surface area contributed by atoms with Crippen LogP contribution >= 0.6 is 11.8 Å². The third kappa shape index (κ3) is 3.77. The summed E-state index contributed by atoms with van der Waals surface area (Å²) in [6.07, 6.45) is 3.47. The summed E-state index contributed by atoms with van der Waals surface area (Å²) in [5.74, 6) is -0.329. The molecular formula is C22H17N3O4S. The average Bonchev–Trinajstić information content (AvgIpc) is 3.30. The molecule has 0 unspecified atom stereocenters. The Kier molecular flexibility index (Phi) is 5.24. The van der Waals surface area contributed by atoms with Crippen LogP contribution in [0.25, 0.3) is 11.8 Å². The third-order valence-corrected chi connectivity index (χ3v) is 5.77. The lowest BCUT2D eigenvalue weighted by Gasteiger charge is -2.14. The molecule has 150 valence electrons. The largest absolute Gasteiger partial charge is 0.317 e. The Bertz CT molecular complexity index is 1180. The van der Waals surface area contributed by atoms with Gasteiger partial charge in [0, 0.05) is 29.7 Å². The lowest BCUT2D eigenvalue weighted by Crippen LogP contribution is -2.27. The fraction of sp³-hybridized carbons (Fsp3) is 0.0909. The van der Waals surface area contributed by atoms with Gasteiger partial charge in [-0.1, -0.05) is 24.3 Å². The van der Waals surface area contributed by atoms with E-state index in [0.717, 1.165) is 28.6 Å². The van der Waals surface area contributed by atoms with E-state index in [-0.39, 0.29) is 23.4 Å². The van der Waals surface area contributed by atoms with Crippen molar-refractivity contribution in [3.05, 3.63) is 98.7 Å². The number of benzene rings is 2. The van der Waals surface area contributed by atoms with Gasteiger partial charge in [-0.15, -0.1) is 0 Å². The van der Waals surface area contributed by atoms with Crippen LogP contribution in [0.2, 0.25) is 0 Å². The minimum absolute atomic E-state index is 0.00443. The van der Waals surface area contributed by atoms with Crippen molar-refractivity contribution < 1.29 is 14.5 Å². The lowest BCUT2D eigenvalue weighted by atomic mass is 10.1. The van der Waals surface area contributed by atoms with Gasteiger partial charge in [-0.05, 0) is 60.2 Å². The number of amides is 2. The maximum atomic E-state index is 12.9. The molecule has 0 radical (unpaired) electrons. The molecule has 2 amide bonds. The normalized spacial score (nSPS) is 15.2. The number of rotatable bonds is 5. The summed E-state index contributed by atoms with van der Waals surface area (Å²) in [7, 11) is 0. The summed E-state index contributed by atoms with van der Waals surface area (Å²) in [5, 5.41) is 10.6. The van der Waals surface area contributed by atoms with E-state index in [4.69, 9.17) is 0 Å². The van der Waals surface area contributed by atoms with Crippen LogP contribution in [0.3, 0.4) is 0 Å². The van der Waals surface area contributed by atoms with E-state index in [1.807, 2.05) is 43.3 Å². The van der Waals surface area contributed by atoms with Crippen molar-refractivity contribution in [3.8, 4) is 5.69 Å². The molecule has 7 nitrogen and oxygen atoms in total. The van der Waals surface area contributed by atoms with E-state index in [9.17, 15) is 19.7 Å². The number of nitro groups is 1. The number of non-ortho nitro benzene ring substituents is 1. The maximum absolute atomic E-state index is 12.9. The zero-order valence-corrected chi connectivity index (χ0v) is 16.8. The van der Waals surface area contributed by atoms with Gasteiger partial charge in [0.15, 0.2) is 0 Å². The number of hydrogen-bond donors (Lipinski definition) is 0. The summed E-state index contributed by atoms with van der Waals surface area (Å²) in [6.45, 7) is 2.18.